The normalized spacial score (nSPS) is 12.3. The molecular formula is C73H134O6. The van der Waals surface area contributed by atoms with E-state index in [4.69, 9.17) is 14.2 Å². The number of esters is 3. The molecule has 0 saturated heterocycles. The van der Waals surface area contributed by atoms with Crippen molar-refractivity contribution in [2.24, 2.45) is 0 Å². The Morgan fingerprint density at radius 2 is 0.494 bits per heavy atom. The Kier molecular flexibility index (Phi) is 65.6. The van der Waals surface area contributed by atoms with Gasteiger partial charge in [0.1, 0.15) is 13.2 Å². The molecule has 0 aromatic carbocycles. The molecule has 0 aliphatic carbocycles. The van der Waals surface area contributed by atoms with Crippen LogP contribution >= 0.6 is 0 Å². The van der Waals surface area contributed by atoms with Crippen molar-refractivity contribution in [3.63, 3.8) is 0 Å². The predicted molar refractivity (Wildman–Crippen MR) is 344 cm³/mol. The van der Waals surface area contributed by atoms with Crippen LogP contribution in [0.15, 0.2) is 48.6 Å². The van der Waals surface area contributed by atoms with Gasteiger partial charge in [-0.25, -0.2) is 0 Å². The maximum Gasteiger partial charge on any atom is 0.306 e. The van der Waals surface area contributed by atoms with E-state index in [1.165, 1.54) is 250 Å². The largest absolute Gasteiger partial charge is 0.462 e. The lowest BCUT2D eigenvalue weighted by Gasteiger charge is -2.18. The Balaban J connectivity index is 3.90. The number of allylic oxidation sites excluding steroid dienone is 8. The molecule has 0 spiro atoms. The van der Waals surface area contributed by atoms with Crippen molar-refractivity contribution in [1.29, 1.82) is 0 Å². The molecule has 0 aliphatic rings. The quantitative estimate of drug-likeness (QED) is 0.0261. The summed E-state index contributed by atoms with van der Waals surface area (Å²) < 4.78 is 16.8. The van der Waals surface area contributed by atoms with E-state index in [1.54, 1.807) is 0 Å². The van der Waals surface area contributed by atoms with Crippen LogP contribution in [0.2, 0.25) is 0 Å². The second-order valence-electron chi connectivity index (χ2n) is 23.8. The van der Waals surface area contributed by atoms with Gasteiger partial charge < -0.3 is 14.2 Å². The summed E-state index contributed by atoms with van der Waals surface area (Å²) in [5, 5.41) is 0. The zero-order chi connectivity index (χ0) is 57.1. The van der Waals surface area contributed by atoms with Gasteiger partial charge in [-0.1, -0.05) is 352 Å². The minimum absolute atomic E-state index is 0.0710. The highest BCUT2D eigenvalue weighted by molar-refractivity contribution is 5.71. The van der Waals surface area contributed by atoms with Crippen molar-refractivity contribution in [2.75, 3.05) is 13.2 Å². The average Bonchev–Trinajstić information content (AvgIpc) is 3.45. The third-order valence-corrected chi connectivity index (χ3v) is 15.8. The van der Waals surface area contributed by atoms with Crippen molar-refractivity contribution < 1.29 is 28.6 Å². The molecule has 0 heterocycles. The van der Waals surface area contributed by atoms with E-state index in [2.05, 4.69) is 69.4 Å². The average molecular weight is 1110 g/mol. The first-order valence-corrected chi connectivity index (χ1v) is 35.1. The highest BCUT2D eigenvalue weighted by atomic mass is 16.6. The topological polar surface area (TPSA) is 78.9 Å². The van der Waals surface area contributed by atoms with Gasteiger partial charge in [0.15, 0.2) is 6.10 Å². The number of rotatable bonds is 65. The van der Waals surface area contributed by atoms with Crippen molar-refractivity contribution in [2.45, 2.75) is 386 Å². The van der Waals surface area contributed by atoms with Crippen LogP contribution in [0.5, 0.6) is 0 Å². The van der Waals surface area contributed by atoms with Crippen LogP contribution in [0.4, 0.5) is 0 Å². The van der Waals surface area contributed by atoms with Crippen LogP contribution < -0.4 is 0 Å². The van der Waals surface area contributed by atoms with Crippen LogP contribution in [-0.2, 0) is 28.6 Å². The standard InChI is InChI=1S/C73H134O6/c1-4-7-10-13-15-17-19-21-23-25-27-29-31-32-33-34-35-36-37-38-39-40-42-43-45-47-49-51-53-55-57-60-63-66-72(75)78-69-70(68-77-71(74)65-62-59-12-9-6-3)79-73(76)67-64-61-58-56-54-52-50-48-46-44-41-30-28-26-24-22-20-18-16-14-11-8-5-2/h8,11,16,18,22,24,28,30,70H,4-7,9-10,12-15,17,19-21,23,25-27,29,31-69H2,1-3H3/b11-8-,18-16-,24-22-,30-28-. The summed E-state index contributed by atoms with van der Waals surface area (Å²) in [7, 11) is 0. The van der Waals surface area contributed by atoms with Crippen LogP contribution in [-0.4, -0.2) is 37.2 Å². The molecule has 0 aromatic heterocycles. The fraction of sp³-hybridized carbons (Fsp3) is 0.849. The Bertz CT molecular complexity index is 1360. The molecule has 6 heteroatoms. The Morgan fingerprint density at radius 1 is 0.266 bits per heavy atom. The smallest absolute Gasteiger partial charge is 0.306 e. The van der Waals surface area contributed by atoms with E-state index in [1.807, 2.05) is 0 Å². The lowest BCUT2D eigenvalue weighted by molar-refractivity contribution is -0.167. The van der Waals surface area contributed by atoms with Crippen LogP contribution in [0, 0.1) is 0 Å². The van der Waals surface area contributed by atoms with E-state index >= 15 is 0 Å². The van der Waals surface area contributed by atoms with Gasteiger partial charge in [-0.15, -0.1) is 0 Å². The number of unbranched alkanes of at least 4 members (excludes halogenated alkanes) is 46. The van der Waals surface area contributed by atoms with Crippen molar-refractivity contribution >= 4 is 17.9 Å². The molecule has 79 heavy (non-hydrogen) atoms. The van der Waals surface area contributed by atoms with Gasteiger partial charge in [-0.3, -0.25) is 14.4 Å². The van der Waals surface area contributed by atoms with E-state index in [-0.39, 0.29) is 31.1 Å². The summed E-state index contributed by atoms with van der Waals surface area (Å²) in [5.41, 5.74) is 0. The van der Waals surface area contributed by atoms with Gasteiger partial charge in [0, 0.05) is 19.3 Å². The maximum absolute atomic E-state index is 12.8. The predicted octanol–water partition coefficient (Wildman–Crippen LogP) is 24.1. The van der Waals surface area contributed by atoms with E-state index in [0.717, 1.165) is 89.9 Å². The monoisotopic (exact) mass is 1110 g/mol. The van der Waals surface area contributed by atoms with Gasteiger partial charge >= 0.3 is 17.9 Å². The zero-order valence-electron chi connectivity index (χ0n) is 53.2. The van der Waals surface area contributed by atoms with Gasteiger partial charge in [0.05, 0.1) is 0 Å². The number of ether oxygens (including phenoxy) is 3. The number of hydrogen-bond donors (Lipinski definition) is 0. The first-order chi connectivity index (χ1) is 39.0. The lowest BCUT2D eigenvalue weighted by atomic mass is 10.0. The van der Waals surface area contributed by atoms with Crippen LogP contribution in [0.25, 0.3) is 0 Å². The Labute approximate surface area is 492 Å². The summed E-state index contributed by atoms with van der Waals surface area (Å²) in [5.74, 6) is -0.869. The van der Waals surface area contributed by atoms with Crippen molar-refractivity contribution in [3.05, 3.63) is 48.6 Å². The molecule has 0 aromatic rings. The first kappa shape index (κ1) is 76.4. The highest BCUT2D eigenvalue weighted by Crippen LogP contribution is 2.19. The molecular weight excluding hydrogens is 973 g/mol. The third-order valence-electron chi connectivity index (χ3n) is 15.8. The molecule has 1 unspecified atom stereocenters. The second kappa shape index (κ2) is 67.9. The molecule has 0 rings (SSSR count). The summed E-state index contributed by atoms with van der Waals surface area (Å²) in [6.45, 7) is 6.50. The first-order valence-electron chi connectivity index (χ1n) is 35.1. The molecule has 0 radical (unpaired) electrons. The summed E-state index contributed by atoms with van der Waals surface area (Å²) in [6, 6.07) is 0. The van der Waals surface area contributed by atoms with E-state index in [0.29, 0.717) is 19.3 Å². The Hall–Kier alpha value is -2.63. The molecule has 1 atom stereocenters. The summed E-state index contributed by atoms with van der Waals surface area (Å²) in [4.78, 5) is 38.0. The van der Waals surface area contributed by atoms with Gasteiger partial charge in [-0.05, 0) is 57.8 Å². The minimum Gasteiger partial charge on any atom is -0.462 e. The van der Waals surface area contributed by atoms with Gasteiger partial charge in [-0.2, -0.15) is 0 Å². The maximum atomic E-state index is 12.8. The Morgan fingerprint density at radius 3 is 0.772 bits per heavy atom. The molecule has 6 nitrogen and oxygen atoms in total. The number of hydrogen-bond acceptors (Lipinski definition) is 6. The van der Waals surface area contributed by atoms with Gasteiger partial charge in [0.25, 0.3) is 0 Å². The minimum atomic E-state index is -0.771. The molecule has 462 valence electrons. The van der Waals surface area contributed by atoms with Gasteiger partial charge in [0.2, 0.25) is 0 Å². The fourth-order valence-corrected chi connectivity index (χ4v) is 10.6. The van der Waals surface area contributed by atoms with Crippen LogP contribution in [0.3, 0.4) is 0 Å². The number of carbonyl (C=O) groups is 3. The van der Waals surface area contributed by atoms with E-state index in [9.17, 15) is 14.4 Å². The zero-order valence-corrected chi connectivity index (χ0v) is 53.2. The van der Waals surface area contributed by atoms with Crippen LogP contribution in [0.1, 0.15) is 380 Å². The molecule has 0 N–H and O–H groups in total. The van der Waals surface area contributed by atoms with Crippen molar-refractivity contribution in [3.8, 4) is 0 Å². The van der Waals surface area contributed by atoms with Crippen molar-refractivity contribution in [1.82, 2.24) is 0 Å². The summed E-state index contributed by atoms with van der Waals surface area (Å²) >= 11 is 0. The molecule has 0 fully saturated rings. The van der Waals surface area contributed by atoms with E-state index < -0.39 is 6.10 Å². The molecule has 0 saturated carbocycles. The summed E-state index contributed by atoms with van der Waals surface area (Å²) in [6.07, 6.45) is 86.4. The molecule has 0 bridgehead atoms. The third kappa shape index (κ3) is 66.1. The second-order valence-corrected chi connectivity index (χ2v) is 23.8. The fourth-order valence-electron chi connectivity index (χ4n) is 10.6. The SMILES string of the molecule is CC/C=C\C/C=C\C/C=C\C/C=C\CCCCCCCCCCCCC(=O)OC(COC(=O)CCCCCCC)COC(=O)CCCCCCCCCCCCCCCCCCCCCCCCCCCCCCCCCCC. The molecule has 0 amide bonds. The lowest BCUT2D eigenvalue weighted by Crippen LogP contribution is -2.30. The highest BCUT2D eigenvalue weighted by Gasteiger charge is 2.19. The molecule has 0 aliphatic heterocycles. The number of carbonyl (C=O) groups excluding carboxylic acids is 3.